The van der Waals surface area contributed by atoms with Gasteiger partial charge in [-0.15, -0.1) is 24.0 Å². The zero-order valence-electron chi connectivity index (χ0n) is 20.1. The van der Waals surface area contributed by atoms with E-state index >= 15 is 0 Å². The van der Waals surface area contributed by atoms with Crippen molar-refractivity contribution in [3.05, 3.63) is 18.0 Å². The number of amides is 1. The fraction of sp³-hybridized carbons (Fsp3) is 0.762. The Hall–Kier alpha value is -1.56. The van der Waals surface area contributed by atoms with Crippen molar-refractivity contribution in [3.8, 4) is 0 Å². The van der Waals surface area contributed by atoms with Crippen LogP contribution < -0.4 is 10.6 Å². The molecule has 0 radical (unpaired) electrons. The Morgan fingerprint density at radius 3 is 2.58 bits per heavy atom. The summed E-state index contributed by atoms with van der Waals surface area (Å²) in [5, 5.41) is 10.8. The lowest BCUT2D eigenvalue weighted by Crippen LogP contribution is -2.54. The summed E-state index contributed by atoms with van der Waals surface area (Å²) >= 11 is 0. The van der Waals surface area contributed by atoms with Gasteiger partial charge in [-0.3, -0.25) is 14.6 Å². The number of ether oxygens (including phenoxy) is 2. The van der Waals surface area contributed by atoms with Gasteiger partial charge < -0.3 is 20.1 Å². The van der Waals surface area contributed by atoms with Crippen LogP contribution in [0.2, 0.25) is 0 Å². The summed E-state index contributed by atoms with van der Waals surface area (Å²) in [6.07, 6.45) is 5.33. The monoisotopic (exact) mass is 550 g/mol. The highest BCUT2D eigenvalue weighted by molar-refractivity contribution is 14.0. The van der Waals surface area contributed by atoms with Crippen molar-refractivity contribution >= 4 is 36.0 Å². The third kappa shape index (κ3) is 8.13. The molecule has 2 N–H and O–H groups in total. The van der Waals surface area contributed by atoms with Gasteiger partial charge in [-0.25, -0.2) is 4.79 Å². The Morgan fingerprint density at radius 2 is 2.03 bits per heavy atom. The Morgan fingerprint density at radius 1 is 1.35 bits per heavy atom. The van der Waals surface area contributed by atoms with E-state index in [1.54, 1.807) is 11.9 Å². The molecule has 1 amide bonds. The first-order valence-corrected chi connectivity index (χ1v) is 10.5. The van der Waals surface area contributed by atoms with Crippen LogP contribution in [0.25, 0.3) is 0 Å². The van der Waals surface area contributed by atoms with E-state index in [-0.39, 0.29) is 42.2 Å². The van der Waals surface area contributed by atoms with Gasteiger partial charge in [0.25, 0.3) is 0 Å². The van der Waals surface area contributed by atoms with E-state index in [9.17, 15) is 4.79 Å². The molecule has 2 heterocycles. The summed E-state index contributed by atoms with van der Waals surface area (Å²) < 4.78 is 13.5. The van der Waals surface area contributed by atoms with Gasteiger partial charge in [0.15, 0.2) is 5.96 Å². The molecule has 0 saturated carbocycles. The number of aromatic nitrogens is 2. The fourth-order valence-electron chi connectivity index (χ4n) is 3.65. The molecule has 31 heavy (non-hydrogen) atoms. The molecule has 1 aromatic rings. The largest absolute Gasteiger partial charge is 0.444 e. The van der Waals surface area contributed by atoms with Gasteiger partial charge in [0.2, 0.25) is 0 Å². The number of aryl methyl sites for hydroxylation is 2. The summed E-state index contributed by atoms with van der Waals surface area (Å²) in [7, 11) is 3.66. The van der Waals surface area contributed by atoms with E-state index in [0.717, 1.165) is 19.4 Å². The number of nitrogens with one attached hydrogen (secondary N) is 2. The molecule has 1 fully saturated rings. The van der Waals surface area contributed by atoms with Gasteiger partial charge >= 0.3 is 6.09 Å². The lowest BCUT2D eigenvalue weighted by Gasteiger charge is -2.35. The van der Waals surface area contributed by atoms with Crippen molar-refractivity contribution < 1.29 is 14.3 Å². The first-order chi connectivity index (χ1) is 13.9. The highest BCUT2D eigenvalue weighted by Gasteiger charge is 2.49. The number of carbonyl (C=O) groups excluding carboxylic acids is 1. The molecule has 0 aliphatic carbocycles. The molecular weight excluding hydrogens is 511 g/mol. The molecule has 10 heteroatoms. The zero-order chi connectivity index (χ0) is 22.5. The molecule has 1 saturated heterocycles. The van der Waals surface area contributed by atoms with Gasteiger partial charge in [-0.05, 0) is 59.9 Å². The van der Waals surface area contributed by atoms with Crippen LogP contribution in [-0.4, -0.2) is 70.3 Å². The number of aliphatic imine (C=N–C) groups is 1. The minimum absolute atomic E-state index is 0. The number of nitrogens with zero attached hydrogens (tertiary/aromatic N) is 4. The number of halogens is 1. The molecular formula is C21H39IN6O3. The third-order valence-corrected chi connectivity index (χ3v) is 4.91. The molecule has 1 aliphatic heterocycles. The predicted octanol–water partition coefficient (Wildman–Crippen LogP) is 2.90. The molecule has 9 nitrogen and oxygen atoms in total. The number of rotatable bonds is 6. The van der Waals surface area contributed by atoms with E-state index in [0.29, 0.717) is 12.5 Å². The number of hydrogen-bond acceptors (Lipinski definition) is 5. The van der Waals surface area contributed by atoms with E-state index < -0.39 is 11.3 Å². The summed E-state index contributed by atoms with van der Waals surface area (Å²) in [5.74, 6) is 0.697. The van der Waals surface area contributed by atoms with Crippen LogP contribution in [0.5, 0.6) is 0 Å². The first-order valence-electron chi connectivity index (χ1n) is 10.5. The number of guanidine groups is 1. The molecule has 1 aliphatic rings. The lowest BCUT2D eigenvalue weighted by molar-refractivity contribution is -0.0755. The predicted molar refractivity (Wildman–Crippen MR) is 133 cm³/mol. The Kier molecular flexibility index (Phi) is 10.1. The van der Waals surface area contributed by atoms with Crippen molar-refractivity contribution in [3.63, 3.8) is 0 Å². The van der Waals surface area contributed by atoms with Crippen LogP contribution in [0, 0.1) is 0 Å². The van der Waals surface area contributed by atoms with Gasteiger partial charge in [-0.1, -0.05) is 0 Å². The minimum Gasteiger partial charge on any atom is -0.444 e. The summed E-state index contributed by atoms with van der Waals surface area (Å²) in [4.78, 5) is 18.8. The summed E-state index contributed by atoms with van der Waals surface area (Å²) in [5.41, 5.74) is -0.0909. The average Bonchev–Trinajstić information content (AvgIpc) is 3.12. The van der Waals surface area contributed by atoms with Gasteiger partial charge in [-0.2, -0.15) is 5.10 Å². The van der Waals surface area contributed by atoms with Gasteiger partial charge in [0, 0.05) is 33.4 Å². The molecule has 0 aromatic carbocycles. The maximum absolute atomic E-state index is 12.8. The zero-order valence-corrected chi connectivity index (χ0v) is 22.4. The Labute approximate surface area is 203 Å². The van der Waals surface area contributed by atoms with Crippen LogP contribution in [0.1, 0.15) is 53.5 Å². The number of carbonyl (C=O) groups is 1. The molecule has 2 unspecified atom stereocenters. The summed E-state index contributed by atoms with van der Waals surface area (Å²) in [6.45, 7) is 12.6. The molecule has 0 bridgehead atoms. The van der Waals surface area contributed by atoms with E-state index in [4.69, 9.17) is 9.47 Å². The minimum atomic E-state index is -0.741. The van der Waals surface area contributed by atoms with Gasteiger partial charge in [0.05, 0.1) is 18.3 Å². The molecule has 0 spiro atoms. The normalized spacial score (nSPS) is 20.9. The highest BCUT2D eigenvalue weighted by Crippen LogP contribution is 2.33. The smallest absolute Gasteiger partial charge is 0.412 e. The van der Waals surface area contributed by atoms with E-state index in [1.807, 2.05) is 65.7 Å². The fourth-order valence-corrected chi connectivity index (χ4v) is 3.65. The van der Waals surface area contributed by atoms with Crippen molar-refractivity contribution in [2.24, 2.45) is 12.0 Å². The molecule has 2 atom stereocenters. The molecule has 178 valence electrons. The van der Waals surface area contributed by atoms with Crippen LogP contribution in [0.3, 0.4) is 0 Å². The lowest BCUT2D eigenvalue weighted by atomic mass is 10.1. The van der Waals surface area contributed by atoms with Crippen molar-refractivity contribution in [2.75, 3.05) is 20.1 Å². The average molecular weight is 550 g/mol. The third-order valence-electron chi connectivity index (χ3n) is 4.91. The second-order valence-electron chi connectivity index (χ2n) is 9.19. The molecule has 2 rings (SSSR count). The van der Waals surface area contributed by atoms with Crippen LogP contribution in [-0.2, 0) is 22.9 Å². The second kappa shape index (κ2) is 11.3. The van der Waals surface area contributed by atoms with Crippen molar-refractivity contribution in [1.29, 1.82) is 0 Å². The maximum Gasteiger partial charge on any atom is 0.412 e. The topological polar surface area (TPSA) is 93.0 Å². The number of hydrogen-bond donors (Lipinski definition) is 2. The summed E-state index contributed by atoms with van der Waals surface area (Å²) in [6, 6.07) is -0.177. The van der Waals surface area contributed by atoms with Crippen molar-refractivity contribution in [1.82, 2.24) is 25.3 Å². The Balaban J connectivity index is 0.00000480. The van der Waals surface area contributed by atoms with Crippen molar-refractivity contribution in [2.45, 2.75) is 77.9 Å². The Bertz CT molecular complexity index is 744. The first kappa shape index (κ1) is 27.5. The highest BCUT2D eigenvalue weighted by atomic mass is 127. The van der Waals surface area contributed by atoms with Gasteiger partial charge in [0.1, 0.15) is 11.3 Å². The quantitative estimate of drug-likeness (QED) is 0.245. The van der Waals surface area contributed by atoms with Crippen LogP contribution >= 0.6 is 24.0 Å². The maximum atomic E-state index is 12.8. The SMILES string of the molecule is CN=C(NCCCc1cnn(C)c1)NCC1C(C)OC(C)(C)N1C(=O)OC(C)(C)C.I. The second-order valence-corrected chi connectivity index (χ2v) is 9.19. The van der Waals surface area contributed by atoms with Crippen LogP contribution in [0.15, 0.2) is 17.4 Å². The van der Waals surface area contributed by atoms with E-state index in [2.05, 4.69) is 20.7 Å². The standard InChI is InChI=1S/C21H38N6O3.HI/c1-15-17(27(21(5,6)29-15)19(28)30-20(2,3)4)13-24-18(22-7)23-11-9-10-16-12-25-26(8)14-16;/h12,14-15,17H,9-11,13H2,1-8H3,(H2,22,23,24);1H. The van der Waals surface area contributed by atoms with Crippen LogP contribution in [0.4, 0.5) is 4.79 Å². The molecule has 1 aromatic heterocycles. The van der Waals surface area contributed by atoms with E-state index in [1.165, 1.54) is 5.56 Å².